The fourth-order valence-corrected chi connectivity index (χ4v) is 2.92. The van der Waals surface area contributed by atoms with Crippen LogP contribution in [0, 0.1) is 0 Å². The van der Waals surface area contributed by atoms with Gasteiger partial charge in [-0.1, -0.05) is 30.8 Å². The minimum absolute atomic E-state index is 0.00374. The molecule has 2 aromatic carbocycles. The molecule has 1 aliphatic heterocycles. The number of fused-ring (bicyclic) bond motifs is 1. The topological polar surface area (TPSA) is 69.6 Å². The highest BCUT2D eigenvalue weighted by Crippen LogP contribution is 2.36. The lowest BCUT2D eigenvalue weighted by Crippen LogP contribution is -2.30. The van der Waals surface area contributed by atoms with Crippen molar-refractivity contribution in [1.82, 2.24) is 0 Å². The van der Waals surface area contributed by atoms with E-state index in [9.17, 15) is 14.7 Å². The van der Waals surface area contributed by atoms with Crippen LogP contribution in [-0.4, -0.2) is 30.1 Å². The van der Waals surface area contributed by atoms with Gasteiger partial charge in [-0.15, -0.1) is 0 Å². The molecule has 2 N–H and O–H groups in total. The molecule has 0 bridgehead atoms. The molecular formula is C19H18N2O3. The van der Waals surface area contributed by atoms with Crippen LogP contribution in [0.3, 0.4) is 0 Å². The smallest absolute Gasteiger partial charge is 0.258 e. The molecule has 1 atom stereocenters. The SMILES string of the molecule is C=CC(=O)Nc1cccc(C(=O)N2CC(CO)c3ccccc32)c1. The second-order valence-electron chi connectivity index (χ2n) is 5.63. The van der Waals surface area contributed by atoms with Crippen molar-refractivity contribution in [1.29, 1.82) is 0 Å². The van der Waals surface area contributed by atoms with Crippen molar-refractivity contribution >= 4 is 23.2 Å². The van der Waals surface area contributed by atoms with Crippen LogP contribution in [-0.2, 0) is 4.79 Å². The van der Waals surface area contributed by atoms with E-state index < -0.39 is 0 Å². The summed E-state index contributed by atoms with van der Waals surface area (Å²) >= 11 is 0. The molecule has 0 aromatic heterocycles. The van der Waals surface area contributed by atoms with Crippen LogP contribution in [0.1, 0.15) is 21.8 Å². The highest BCUT2D eigenvalue weighted by atomic mass is 16.3. The zero-order valence-corrected chi connectivity index (χ0v) is 13.1. The van der Waals surface area contributed by atoms with Crippen LogP contribution >= 0.6 is 0 Å². The number of nitrogens with zero attached hydrogens (tertiary/aromatic N) is 1. The lowest BCUT2D eigenvalue weighted by Gasteiger charge is -2.18. The lowest BCUT2D eigenvalue weighted by molar-refractivity contribution is -0.111. The van der Waals surface area contributed by atoms with Crippen molar-refractivity contribution < 1.29 is 14.7 Å². The molecule has 5 nitrogen and oxygen atoms in total. The predicted octanol–water partition coefficient (Wildman–Crippen LogP) is 2.55. The van der Waals surface area contributed by atoms with Gasteiger partial charge in [0.05, 0.1) is 6.61 Å². The first-order valence-corrected chi connectivity index (χ1v) is 7.69. The number of hydrogen-bond donors (Lipinski definition) is 2. The summed E-state index contributed by atoms with van der Waals surface area (Å²) in [5, 5.41) is 12.2. The van der Waals surface area contributed by atoms with Crippen molar-refractivity contribution in [2.24, 2.45) is 0 Å². The Hall–Kier alpha value is -2.92. The summed E-state index contributed by atoms with van der Waals surface area (Å²) in [6.07, 6.45) is 1.18. The Morgan fingerprint density at radius 2 is 2.04 bits per heavy atom. The van der Waals surface area contributed by atoms with Gasteiger partial charge in [-0.2, -0.15) is 0 Å². The Balaban J connectivity index is 1.89. The number of rotatable bonds is 4. The minimum Gasteiger partial charge on any atom is -0.396 e. The Labute approximate surface area is 140 Å². The number of amides is 2. The number of para-hydroxylation sites is 1. The third-order valence-electron chi connectivity index (χ3n) is 4.10. The molecule has 1 heterocycles. The minimum atomic E-state index is -0.327. The Morgan fingerprint density at radius 1 is 1.25 bits per heavy atom. The number of carbonyl (C=O) groups excluding carboxylic acids is 2. The van der Waals surface area contributed by atoms with Crippen LogP contribution < -0.4 is 10.2 Å². The highest BCUT2D eigenvalue weighted by Gasteiger charge is 2.32. The first kappa shape index (κ1) is 16.0. The number of anilines is 2. The van der Waals surface area contributed by atoms with Crippen molar-refractivity contribution in [3.05, 3.63) is 72.3 Å². The van der Waals surface area contributed by atoms with Crippen LogP contribution in [0.4, 0.5) is 11.4 Å². The van der Waals surface area contributed by atoms with Gasteiger partial charge >= 0.3 is 0 Å². The van der Waals surface area contributed by atoms with Gasteiger partial charge in [0.2, 0.25) is 5.91 Å². The maximum Gasteiger partial charge on any atom is 0.258 e. The monoisotopic (exact) mass is 322 g/mol. The zero-order chi connectivity index (χ0) is 17.1. The molecule has 0 radical (unpaired) electrons. The molecule has 0 saturated heterocycles. The van der Waals surface area contributed by atoms with E-state index in [4.69, 9.17) is 0 Å². The summed E-state index contributed by atoms with van der Waals surface area (Å²) in [6, 6.07) is 14.4. The van der Waals surface area contributed by atoms with Crippen molar-refractivity contribution in [3.8, 4) is 0 Å². The van der Waals surface area contributed by atoms with Crippen molar-refractivity contribution in [2.75, 3.05) is 23.4 Å². The largest absolute Gasteiger partial charge is 0.396 e. The number of carbonyl (C=O) groups is 2. The van der Waals surface area contributed by atoms with Crippen LogP contribution in [0.15, 0.2) is 61.2 Å². The summed E-state index contributed by atoms with van der Waals surface area (Å²) in [6.45, 7) is 3.85. The fraction of sp³-hybridized carbons (Fsp3) is 0.158. The number of aliphatic hydroxyl groups is 1. The molecule has 3 rings (SSSR count). The summed E-state index contributed by atoms with van der Waals surface area (Å²) in [5.74, 6) is -0.562. The maximum atomic E-state index is 12.9. The molecule has 1 unspecified atom stereocenters. The fourth-order valence-electron chi connectivity index (χ4n) is 2.92. The Bertz CT molecular complexity index is 801. The summed E-state index contributed by atoms with van der Waals surface area (Å²) in [4.78, 5) is 26.0. The normalized spacial score (nSPS) is 15.7. The van der Waals surface area contributed by atoms with Crippen molar-refractivity contribution in [3.63, 3.8) is 0 Å². The van der Waals surface area contributed by atoms with Gasteiger partial charge in [-0.3, -0.25) is 9.59 Å². The van der Waals surface area contributed by atoms with Gasteiger partial charge in [0.1, 0.15) is 0 Å². The molecule has 0 aliphatic carbocycles. The van der Waals surface area contributed by atoms with Gasteiger partial charge in [0, 0.05) is 29.4 Å². The number of nitrogens with one attached hydrogen (secondary N) is 1. The Morgan fingerprint density at radius 3 is 2.79 bits per heavy atom. The summed E-state index contributed by atoms with van der Waals surface area (Å²) < 4.78 is 0. The first-order chi connectivity index (χ1) is 11.6. The predicted molar refractivity (Wildman–Crippen MR) is 93.2 cm³/mol. The summed E-state index contributed by atoms with van der Waals surface area (Å²) in [7, 11) is 0. The first-order valence-electron chi connectivity index (χ1n) is 7.69. The standard InChI is InChI=1S/C19H18N2O3/c1-2-18(23)20-15-7-5-6-13(10-15)19(24)21-11-14(12-22)16-8-3-4-9-17(16)21/h2-10,14,22H,1,11-12H2,(H,20,23). The third-order valence-corrected chi connectivity index (χ3v) is 4.10. The molecular weight excluding hydrogens is 304 g/mol. The quantitative estimate of drug-likeness (QED) is 0.850. The van der Waals surface area contributed by atoms with Gasteiger partial charge < -0.3 is 15.3 Å². The number of aliphatic hydroxyl groups excluding tert-OH is 1. The number of benzene rings is 2. The molecule has 0 spiro atoms. The molecule has 24 heavy (non-hydrogen) atoms. The van der Waals surface area contributed by atoms with Gasteiger partial charge in [0.25, 0.3) is 5.91 Å². The molecule has 1 aliphatic rings. The molecule has 2 amide bonds. The van der Waals surface area contributed by atoms with E-state index in [0.29, 0.717) is 17.8 Å². The lowest BCUT2D eigenvalue weighted by atomic mass is 10.0. The molecule has 0 saturated carbocycles. The third kappa shape index (κ3) is 2.94. The van der Waals surface area contributed by atoms with Crippen molar-refractivity contribution in [2.45, 2.75) is 5.92 Å². The molecule has 0 fully saturated rings. The molecule has 2 aromatic rings. The van der Waals surface area contributed by atoms with E-state index in [0.717, 1.165) is 11.3 Å². The van der Waals surface area contributed by atoms with E-state index in [-0.39, 0.29) is 24.3 Å². The van der Waals surface area contributed by atoms with Gasteiger partial charge in [0.15, 0.2) is 0 Å². The second kappa shape index (κ2) is 6.68. The van der Waals surface area contributed by atoms with Crippen LogP contribution in [0.25, 0.3) is 0 Å². The van der Waals surface area contributed by atoms with E-state index in [1.165, 1.54) is 6.08 Å². The average Bonchev–Trinajstić information content (AvgIpc) is 3.00. The van der Waals surface area contributed by atoms with E-state index in [2.05, 4.69) is 11.9 Å². The molecule has 5 heteroatoms. The second-order valence-corrected chi connectivity index (χ2v) is 5.63. The maximum absolute atomic E-state index is 12.9. The van der Waals surface area contributed by atoms with E-state index >= 15 is 0 Å². The van der Waals surface area contributed by atoms with Crippen LogP contribution in [0.5, 0.6) is 0 Å². The van der Waals surface area contributed by atoms with E-state index in [1.54, 1.807) is 29.2 Å². The Kier molecular flexibility index (Phi) is 4.44. The average molecular weight is 322 g/mol. The molecule has 122 valence electrons. The van der Waals surface area contributed by atoms with Crippen LogP contribution in [0.2, 0.25) is 0 Å². The van der Waals surface area contributed by atoms with E-state index in [1.807, 2.05) is 24.3 Å². The number of hydrogen-bond acceptors (Lipinski definition) is 3. The van der Waals surface area contributed by atoms with Gasteiger partial charge in [-0.05, 0) is 35.9 Å². The van der Waals surface area contributed by atoms with Gasteiger partial charge in [-0.25, -0.2) is 0 Å². The zero-order valence-electron chi connectivity index (χ0n) is 13.1. The highest BCUT2D eigenvalue weighted by molar-refractivity contribution is 6.08. The summed E-state index contributed by atoms with van der Waals surface area (Å²) in [5.41, 5.74) is 2.81.